The molecule has 132 valence electrons. The Morgan fingerprint density at radius 3 is 2.79 bits per heavy atom. The molecule has 1 N–H and O–H groups in total. The first-order valence-electron chi connectivity index (χ1n) is 8.75. The van der Waals surface area contributed by atoms with E-state index < -0.39 is 10.2 Å². The fraction of sp³-hybridized carbons (Fsp3) is 0.556. The average molecular weight is 350 g/mol. The molecule has 1 aromatic rings. The van der Waals surface area contributed by atoms with E-state index in [9.17, 15) is 8.42 Å². The lowest BCUT2D eigenvalue weighted by molar-refractivity contribution is 0.316. The molecule has 2 saturated heterocycles. The van der Waals surface area contributed by atoms with Gasteiger partial charge in [-0.05, 0) is 42.9 Å². The molecule has 0 saturated carbocycles. The first-order valence-corrected chi connectivity index (χ1v) is 10.2. The second-order valence-corrected chi connectivity index (χ2v) is 8.55. The van der Waals surface area contributed by atoms with E-state index in [4.69, 9.17) is 0 Å². The van der Waals surface area contributed by atoms with Crippen LogP contribution in [0, 0.1) is 5.92 Å². The van der Waals surface area contributed by atoms with Gasteiger partial charge in [-0.25, -0.2) is 4.72 Å². The van der Waals surface area contributed by atoms with Crippen LogP contribution in [-0.2, 0) is 16.8 Å². The minimum atomic E-state index is -3.28. The molecule has 0 radical (unpaired) electrons. The first-order chi connectivity index (χ1) is 11.6. The summed E-state index contributed by atoms with van der Waals surface area (Å²) in [5, 5.41) is 0. The molecule has 0 bridgehead atoms. The van der Waals surface area contributed by atoms with Crippen LogP contribution in [0.1, 0.15) is 30.4 Å². The van der Waals surface area contributed by atoms with E-state index in [0.29, 0.717) is 25.6 Å². The van der Waals surface area contributed by atoms with Crippen LogP contribution in [0.15, 0.2) is 30.8 Å². The Bertz CT molecular complexity index is 669. The van der Waals surface area contributed by atoms with Gasteiger partial charge >= 0.3 is 0 Å². The summed E-state index contributed by atoms with van der Waals surface area (Å²) < 4.78 is 28.8. The van der Waals surface area contributed by atoms with Crippen LogP contribution in [-0.4, -0.2) is 50.3 Å². The molecule has 1 aromatic carbocycles. The van der Waals surface area contributed by atoms with Gasteiger partial charge in [0, 0.05) is 32.7 Å². The van der Waals surface area contributed by atoms with E-state index in [1.807, 2.05) is 6.08 Å². The van der Waals surface area contributed by atoms with Gasteiger partial charge in [-0.15, -0.1) is 0 Å². The van der Waals surface area contributed by atoms with Gasteiger partial charge in [0.1, 0.15) is 0 Å². The minimum Gasteiger partial charge on any atom is -0.299 e. The largest absolute Gasteiger partial charge is 0.299 e. The normalized spacial score (nSPS) is 22.9. The predicted molar refractivity (Wildman–Crippen MR) is 97.6 cm³/mol. The van der Waals surface area contributed by atoms with Crippen molar-refractivity contribution in [2.75, 3.05) is 32.7 Å². The Morgan fingerprint density at radius 2 is 2.04 bits per heavy atom. The van der Waals surface area contributed by atoms with Crippen LogP contribution in [0.5, 0.6) is 0 Å². The molecule has 3 rings (SSSR count). The molecule has 2 aliphatic rings. The van der Waals surface area contributed by atoms with Crippen molar-refractivity contribution in [3.05, 3.63) is 42.0 Å². The fourth-order valence-corrected chi connectivity index (χ4v) is 4.91. The number of hydrogen-bond donors (Lipinski definition) is 1. The van der Waals surface area contributed by atoms with E-state index in [0.717, 1.165) is 44.5 Å². The highest BCUT2D eigenvalue weighted by Gasteiger charge is 2.28. The third-order valence-electron chi connectivity index (χ3n) is 4.92. The summed E-state index contributed by atoms with van der Waals surface area (Å²) in [7, 11) is -3.28. The van der Waals surface area contributed by atoms with Crippen molar-refractivity contribution in [1.82, 2.24) is 13.9 Å². The predicted octanol–water partition coefficient (Wildman–Crippen LogP) is 2.08. The minimum absolute atomic E-state index is 0.393. The highest BCUT2D eigenvalue weighted by Crippen LogP contribution is 2.20. The van der Waals surface area contributed by atoms with Crippen LogP contribution in [0.2, 0.25) is 0 Å². The van der Waals surface area contributed by atoms with Gasteiger partial charge < -0.3 is 0 Å². The standard InChI is InChI=1S/C18H27N3O2S/c1-2-16-6-5-7-17(12-16)14-20-11-8-18(15-20)13-19-24(22,23)21-9-3-4-10-21/h2,5-7,12,18-19H,1,3-4,8-11,13-15H2/t18-/m0/s1. The molecule has 0 aromatic heterocycles. The zero-order valence-corrected chi connectivity index (χ0v) is 15.0. The molecule has 24 heavy (non-hydrogen) atoms. The maximum atomic E-state index is 12.2. The van der Waals surface area contributed by atoms with Crippen LogP contribution in [0.4, 0.5) is 0 Å². The van der Waals surface area contributed by atoms with Gasteiger partial charge in [0.05, 0.1) is 0 Å². The lowest BCUT2D eigenvalue weighted by Crippen LogP contribution is -2.41. The summed E-state index contributed by atoms with van der Waals surface area (Å²) in [6.45, 7) is 8.56. The van der Waals surface area contributed by atoms with Crippen molar-refractivity contribution in [2.24, 2.45) is 5.92 Å². The summed E-state index contributed by atoms with van der Waals surface area (Å²) in [5.41, 5.74) is 2.42. The van der Waals surface area contributed by atoms with E-state index in [2.05, 4.69) is 40.5 Å². The quantitative estimate of drug-likeness (QED) is 0.820. The molecule has 2 heterocycles. The molecular weight excluding hydrogens is 322 g/mol. The third-order valence-corrected chi connectivity index (χ3v) is 6.50. The molecule has 6 heteroatoms. The summed E-state index contributed by atoms with van der Waals surface area (Å²) in [4.78, 5) is 2.40. The van der Waals surface area contributed by atoms with Gasteiger partial charge in [-0.1, -0.05) is 36.9 Å². The molecular formula is C18H27N3O2S. The van der Waals surface area contributed by atoms with Crippen LogP contribution in [0.25, 0.3) is 6.08 Å². The highest BCUT2D eigenvalue weighted by molar-refractivity contribution is 7.87. The van der Waals surface area contributed by atoms with E-state index in [1.165, 1.54) is 5.56 Å². The van der Waals surface area contributed by atoms with Crippen molar-refractivity contribution in [3.8, 4) is 0 Å². The Morgan fingerprint density at radius 1 is 1.25 bits per heavy atom. The maximum absolute atomic E-state index is 12.2. The van der Waals surface area contributed by atoms with Crippen molar-refractivity contribution in [1.29, 1.82) is 0 Å². The average Bonchev–Trinajstić information content (AvgIpc) is 3.25. The SMILES string of the molecule is C=Cc1cccc(CN2CC[C@@H](CNS(=O)(=O)N3CCCC3)C2)c1. The molecule has 2 aliphatic heterocycles. The van der Waals surface area contributed by atoms with Crippen LogP contribution >= 0.6 is 0 Å². The van der Waals surface area contributed by atoms with Gasteiger partial charge in [0.15, 0.2) is 0 Å². The monoisotopic (exact) mass is 349 g/mol. The van der Waals surface area contributed by atoms with Crippen molar-refractivity contribution in [3.63, 3.8) is 0 Å². The number of hydrogen-bond acceptors (Lipinski definition) is 3. The third kappa shape index (κ3) is 4.45. The van der Waals surface area contributed by atoms with Gasteiger partial charge in [-0.2, -0.15) is 12.7 Å². The number of nitrogens with one attached hydrogen (secondary N) is 1. The number of likely N-dealkylation sites (tertiary alicyclic amines) is 1. The Hall–Kier alpha value is -1.21. The lowest BCUT2D eigenvalue weighted by Gasteiger charge is -2.19. The molecule has 2 fully saturated rings. The Balaban J connectivity index is 1.47. The van der Waals surface area contributed by atoms with Crippen LogP contribution in [0.3, 0.4) is 0 Å². The summed E-state index contributed by atoms with van der Waals surface area (Å²) >= 11 is 0. The van der Waals surface area contributed by atoms with Crippen molar-refractivity contribution in [2.45, 2.75) is 25.8 Å². The second kappa shape index (κ2) is 7.78. The number of rotatable bonds is 7. The first kappa shape index (κ1) is 17.6. The summed E-state index contributed by atoms with van der Waals surface area (Å²) in [5.74, 6) is 0.393. The fourth-order valence-electron chi connectivity index (χ4n) is 3.54. The van der Waals surface area contributed by atoms with E-state index >= 15 is 0 Å². The van der Waals surface area contributed by atoms with E-state index in [1.54, 1.807) is 4.31 Å². The summed E-state index contributed by atoms with van der Waals surface area (Å²) in [6.07, 6.45) is 4.86. The smallest absolute Gasteiger partial charge is 0.279 e. The zero-order chi connectivity index (χ0) is 17.0. The molecule has 0 unspecified atom stereocenters. The molecule has 5 nitrogen and oxygen atoms in total. The molecule has 1 atom stereocenters. The second-order valence-electron chi connectivity index (χ2n) is 6.80. The number of benzene rings is 1. The Labute approximate surface area is 145 Å². The van der Waals surface area contributed by atoms with Crippen molar-refractivity contribution >= 4 is 16.3 Å². The zero-order valence-electron chi connectivity index (χ0n) is 14.2. The Kier molecular flexibility index (Phi) is 5.71. The van der Waals surface area contributed by atoms with Crippen molar-refractivity contribution < 1.29 is 8.42 Å². The van der Waals surface area contributed by atoms with E-state index in [-0.39, 0.29) is 0 Å². The van der Waals surface area contributed by atoms with Gasteiger partial charge in [0.2, 0.25) is 0 Å². The van der Waals surface area contributed by atoms with Gasteiger partial charge in [0.25, 0.3) is 10.2 Å². The highest BCUT2D eigenvalue weighted by atomic mass is 32.2. The summed E-state index contributed by atoms with van der Waals surface area (Å²) in [6, 6.07) is 8.41. The topological polar surface area (TPSA) is 52.7 Å². The lowest BCUT2D eigenvalue weighted by atomic mass is 10.1. The van der Waals surface area contributed by atoms with Crippen LogP contribution < -0.4 is 4.72 Å². The number of nitrogens with zero attached hydrogens (tertiary/aromatic N) is 2. The van der Waals surface area contributed by atoms with Gasteiger partial charge in [-0.3, -0.25) is 4.90 Å². The molecule has 0 amide bonds. The molecule has 0 spiro atoms. The maximum Gasteiger partial charge on any atom is 0.279 e. The molecule has 0 aliphatic carbocycles.